The molecule has 2 aliphatic heterocycles. The fourth-order valence-corrected chi connectivity index (χ4v) is 12.2. The van der Waals surface area contributed by atoms with Crippen LogP contribution in [-0.2, 0) is 0 Å². The monoisotopic (exact) mass is 957 g/mol. The minimum atomic E-state index is -0.0375. The summed E-state index contributed by atoms with van der Waals surface area (Å²) >= 11 is 0. The molecule has 0 bridgehead atoms. The van der Waals surface area contributed by atoms with E-state index in [0.29, 0.717) is 0 Å². The number of fused-ring (bicyclic) bond motifs is 6. The van der Waals surface area contributed by atoms with Crippen LogP contribution in [0.15, 0.2) is 273 Å². The van der Waals surface area contributed by atoms with Gasteiger partial charge in [0, 0.05) is 51.2 Å². The molecule has 0 N–H and O–H groups in total. The highest BCUT2D eigenvalue weighted by molar-refractivity contribution is 7.00. The van der Waals surface area contributed by atoms with Crippen LogP contribution < -0.4 is 31.1 Å². The van der Waals surface area contributed by atoms with Gasteiger partial charge in [-0.15, -0.1) is 0 Å². The maximum atomic E-state index is 2.54. The molecule has 75 heavy (non-hydrogen) atoms. The molecule has 2 aliphatic rings. The molecule has 0 spiro atoms. The van der Waals surface area contributed by atoms with Crippen molar-refractivity contribution in [2.45, 2.75) is 19.8 Å². The number of hydrogen-bond acceptors (Lipinski definition) is 3. The lowest BCUT2D eigenvalue weighted by Gasteiger charge is -2.44. The standard InChI is InChI=1S/C71H52BN3/c1-48(2)50-42-51(44-53(43-50)70-61-36-20-18-34-59(61)69(49-24-8-3-9-25-49)60-35-19-21-37-62(60)70)52-45-67-71-68(46-52)75(57-32-16-7-17-33-57)66-47-58(73(54-26-10-4-11-27-54)55-28-12-5-13-29-55)40-41-64(66)72(71)63-38-22-23-39-65(63)74(67)56-30-14-6-15-31-56/h3-48H,1-2H3. The third-order valence-corrected chi connectivity index (χ3v) is 15.5. The Kier molecular flexibility index (Phi) is 10.8. The molecule has 0 radical (unpaired) electrons. The maximum absolute atomic E-state index is 2.54. The summed E-state index contributed by atoms with van der Waals surface area (Å²) < 4.78 is 0. The largest absolute Gasteiger partial charge is 0.311 e. The number of nitrogens with zero attached hydrogens (tertiary/aromatic N) is 3. The van der Waals surface area contributed by atoms with Gasteiger partial charge in [0.25, 0.3) is 6.71 Å². The number of para-hydroxylation sites is 5. The van der Waals surface area contributed by atoms with Gasteiger partial charge in [0.15, 0.2) is 0 Å². The molecule has 0 saturated heterocycles. The summed E-state index contributed by atoms with van der Waals surface area (Å²) in [6.45, 7) is 4.61. The molecule has 0 fully saturated rings. The quantitative estimate of drug-likeness (QED) is 0.105. The van der Waals surface area contributed by atoms with E-state index in [1.54, 1.807) is 0 Å². The predicted octanol–water partition coefficient (Wildman–Crippen LogP) is 17.7. The van der Waals surface area contributed by atoms with Crippen LogP contribution in [0.5, 0.6) is 0 Å². The van der Waals surface area contributed by atoms with Gasteiger partial charge in [0.1, 0.15) is 0 Å². The van der Waals surface area contributed by atoms with E-state index in [9.17, 15) is 0 Å². The molecule has 354 valence electrons. The highest BCUT2D eigenvalue weighted by Gasteiger charge is 2.44. The Morgan fingerprint density at radius 3 is 1.29 bits per heavy atom. The third kappa shape index (κ3) is 7.44. The fourth-order valence-electron chi connectivity index (χ4n) is 12.2. The van der Waals surface area contributed by atoms with Crippen molar-refractivity contribution < 1.29 is 0 Å². The molecule has 0 atom stereocenters. The zero-order valence-corrected chi connectivity index (χ0v) is 42.0. The summed E-state index contributed by atoms with van der Waals surface area (Å²) in [6.07, 6.45) is 0. The Balaban J connectivity index is 1.06. The molecule has 0 amide bonds. The average Bonchev–Trinajstić information content (AvgIpc) is 3.48. The maximum Gasteiger partial charge on any atom is 0.252 e. The van der Waals surface area contributed by atoms with E-state index in [-0.39, 0.29) is 12.6 Å². The number of anilines is 9. The second-order valence-corrected chi connectivity index (χ2v) is 20.2. The average molecular weight is 958 g/mol. The molecule has 0 unspecified atom stereocenters. The van der Waals surface area contributed by atoms with Crippen LogP contribution in [0.1, 0.15) is 25.3 Å². The van der Waals surface area contributed by atoms with Crippen LogP contribution >= 0.6 is 0 Å². The topological polar surface area (TPSA) is 9.72 Å². The van der Waals surface area contributed by atoms with E-state index in [0.717, 1.165) is 39.7 Å². The van der Waals surface area contributed by atoms with Gasteiger partial charge >= 0.3 is 0 Å². The SMILES string of the molecule is CC(C)c1cc(-c2cc3c4c(c2)N(c2ccccc2)c2cc(N(c5ccccc5)c5ccccc5)ccc2B4c2ccccc2N3c2ccccc2)cc(-c2c3ccccc3c(-c3ccccc3)c3ccccc23)c1. The Hall–Kier alpha value is -9.38. The third-order valence-electron chi connectivity index (χ3n) is 15.5. The van der Waals surface area contributed by atoms with Crippen LogP contribution in [0.25, 0.3) is 54.9 Å². The normalized spacial score (nSPS) is 12.4. The van der Waals surface area contributed by atoms with Gasteiger partial charge in [-0.3, -0.25) is 0 Å². The van der Waals surface area contributed by atoms with Gasteiger partial charge in [0.2, 0.25) is 0 Å². The Labute approximate surface area is 439 Å². The molecule has 12 aromatic rings. The van der Waals surface area contributed by atoms with Crippen LogP contribution in [-0.4, -0.2) is 6.71 Å². The first-order valence-corrected chi connectivity index (χ1v) is 26.2. The lowest BCUT2D eigenvalue weighted by molar-refractivity contribution is 0.867. The van der Waals surface area contributed by atoms with Crippen molar-refractivity contribution in [2.75, 3.05) is 14.7 Å². The molecule has 0 aliphatic carbocycles. The van der Waals surface area contributed by atoms with E-state index in [4.69, 9.17) is 0 Å². The lowest BCUT2D eigenvalue weighted by atomic mass is 9.33. The summed E-state index contributed by atoms with van der Waals surface area (Å²) in [7, 11) is 0. The van der Waals surface area contributed by atoms with Crippen molar-refractivity contribution in [3.8, 4) is 33.4 Å². The zero-order valence-electron chi connectivity index (χ0n) is 42.0. The van der Waals surface area contributed by atoms with Crippen LogP contribution in [0, 0.1) is 0 Å². The summed E-state index contributed by atoms with van der Waals surface area (Å²) in [5.41, 5.74) is 22.7. The first-order valence-electron chi connectivity index (χ1n) is 26.2. The van der Waals surface area contributed by atoms with E-state index >= 15 is 0 Å². The zero-order chi connectivity index (χ0) is 50.0. The van der Waals surface area contributed by atoms with Crippen molar-refractivity contribution in [1.29, 1.82) is 0 Å². The Morgan fingerprint density at radius 2 is 0.747 bits per heavy atom. The molecule has 2 heterocycles. The summed E-state index contributed by atoms with van der Waals surface area (Å²) in [4.78, 5) is 7.44. The summed E-state index contributed by atoms with van der Waals surface area (Å²) in [5, 5.41) is 5.01. The molecular formula is C71H52BN3. The van der Waals surface area contributed by atoms with Crippen molar-refractivity contribution in [3.05, 3.63) is 279 Å². The predicted molar refractivity (Wildman–Crippen MR) is 321 cm³/mol. The molecule has 3 nitrogen and oxygen atoms in total. The van der Waals surface area contributed by atoms with Crippen molar-refractivity contribution in [3.63, 3.8) is 0 Å². The summed E-state index contributed by atoms with van der Waals surface area (Å²) in [5.74, 6) is 0.279. The van der Waals surface area contributed by atoms with E-state index in [1.165, 1.54) is 88.4 Å². The molecule has 14 rings (SSSR count). The molecule has 4 heteroatoms. The Bertz CT molecular complexity index is 4010. The highest BCUT2D eigenvalue weighted by Crippen LogP contribution is 2.49. The van der Waals surface area contributed by atoms with Crippen molar-refractivity contribution in [1.82, 2.24) is 0 Å². The second-order valence-electron chi connectivity index (χ2n) is 20.2. The molecule has 0 saturated carbocycles. The Morgan fingerprint density at radius 1 is 0.320 bits per heavy atom. The molecular weight excluding hydrogens is 906 g/mol. The van der Waals surface area contributed by atoms with E-state index in [1.807, 2.05) is 0 Å². The number of hydrogen-bond donors (Lipinski definition) is 0. The van der Waals surface area contributed by atoms with Gasteiger partial charge in [-0.2, -0.15) is 0 Å². The van der Waals surface area contributed by atoms with Crippen LogP contribution in [0.2, 0.25) is 0 Å². The minimum Gasteiger partial charge on any atom is -0.311 e. The van der Waals surface area contributed by atoms with Crippen LogP contribution in [0.4, 0.5) is 51.2 Å². The summed E-state index contributed by atoms with van der Waals surface area (Å²) in [6, 6.07) is 101. The van der Waals surface area contributed by atoms with Gasteiger partial charge < -0.3 is 14.7 Å². The van der Waals surface area contributed by atoms with Crippen molar-refractivity contribution in [2.24, 2.45) is 0 Å². The first-order chi connectivity index (χ1) is 37.1. The van der Waals surface area contributed by atoms with Gasteiger partial charge in [0.05, 0.1) is 0 Å². The van der Waals surface area contributed by atoms with Gasteiger partial charge in [-0.1, -0.05) is 202 Å². The van der Waals surface area contributed by atoms with E-state index in [2.05, 4.69) is 302 Å². The fraction of sp³-hybridized carbons (Fsp3) is 0.0423. The smallest absolute Gasteiger partial charge is 0.252 e. The van der Waals surface area contributed by atoms with Crippen molar-refractivity contribution >= 4 is 95.8 Å². The molecule has 12 aromatic carbocycles. The van der Waals surface area contributed by atoms with Crippen LogP contribution in [0.3, 0.4) is 0 Å². The number of rotatable bonds is 9. The highest BCUT2D eigenvalue weighted by atomic mass is 15.2. The molecule has 0 aromatic heterocycles. The van der Waals surface area contributed by atoms with Gasteiger partial charge in [-0.25, -0.2) is 0 Å². The second kappa shape index (κ2) is 18.3. The first kappa shape index (κ1) is 44.3. The lowest BCUT2D eigenvalue weighted by Crippen LogP contribution is -2.61. The van der Waals surface area contributed by atoms with Gasteiger partial charge in [-0.05, 0) is 168 Å². The number of benzene rings is 12. The van der Waals surface area contributed by atoms with E-state index < -0.39 is 0 Å². The minimum absolute atomic E-state index is 0.0375.